The molecule has 5 rings (SSSR count). The molecule has 3 aliphatic heterocycles. The Hall–Kier alpha value is -3.94. The van der Waals surface area contributed by atoms with Gasteiger partial charge in [0.05, 0.1) is 43.3 Å². The zero-order valence-corrected chi connectivity index (χ0v) is 39.0. The van der Waals surface area contributed by atoms with E-state index < -0.39 is 77.3 Å². The molecule has 2 bridgehead atoms. The van der Waals surface area contributed by atoms with E-state index in [0.717, 1.165) is 15.3 Å². The molecule has 3 aliphatic rings. The number of carbonyl (C=O) groups excluding carboxylic acids is 3. The molecule has 12 atom stereocenters. The number of hydrogen-bond acceptors (Lipinski definition) is 16. The van der Waals surface area contributed by atoms with Crippen LogP contribution in [0.4, 0.5) is 0 Å². The summed E-state index contributed by atoms with van der Waals surface area (Å²) < 4.78 is 32.3. The van der Waals surface area contributed by atoms with Gasteiger partial charge in [-0.2, -0.15) is 0 Å². The maximum Gasteiger partial charge on any atom is 0.316 e. The standard InChI is InChI=1S/C46H66N4O12S/c1-11-38-46(8,55)39-20-36(48-31(6)51)27(2)21-45(7,42(29(4)40(52)30(5)43(54)61-38)62-44-41(53)37(50(9)10)19-28(3)60-44)57-25-33(24-56-39)49-59-26-35-18-17-34(63-35)22-47-58-23-32-15-13-12-14-16-32/h12-18,22,27-30,37-39,41-42,44,53,55H,11,19-21,23-26H2,1-10H3/b47-22+,48-36?,49-33-/t27-,28-,29+,30-,37+,38+,39+,41-,42-,44+,45-,46-/m1/s1. The number of hydrogen-bond donors (Lipinski definition) is 2. The Bertz CT molecular complexity index is 1940. The van der Waals surface area contributed by atoms with Gasteiger partial charge in [-0.1, -0.05) is 61.4 Å². The van der Waals surface area contributed by atoms with E-state index >= 15 is 0 Å². The number of rotatable bonds is 11. The smallest absolute Gasteiger partial charge is 0.316 e. The second-order valence-corrected chi connectivity index (χ2v) is 18.9. The third kappa shape index (κ3) is 13.1. The zero-order chi connectivity index (χ0) is 46.1. The molecule has 0 unspecified atom stereocenters. The van der Waals surface area contributed by atoms with Crippen LogP contribution < -0.4 is 0 Å². The lowest BCUT2D eigenvalue weighted by atomic mass is 9.76. The summed E-state index contributed by atoms with van der Waals surface area (Å²) in [6.07, 6.45) is -3.46. The molecule has 2 aromatic rings. The van der Waals surface area contributed by atoms with Crippen LogP contribution in [0.1, 0.15) is 96.4 Å². The van der Waals surface area contributed by atoms with E-state index in [1.165, 1.54) is 32.1 Å². The molecule has 2 N–H and O–H groups in total. The molecule has 3 fully saturated rings. The molecule has 4 heterocycles. The minimum Gasteiger partial charge on any atom is -0.459 e. The quantitative estimate of drug-likeness (QED) is 0.125. The van der Waals surface area contributed by atoms with Crippen LogP contribution in [-0.4, -0.2) is 132 Å². The van der Waals surface area contributed by atoms with Crippen LogP contribution in [0.3, 0.4) is 0 Å². The van der Waals surface area contributed by atoms with Gasteiger partial charge >= 0.3 is 5.97 Å². The van der Waals surface area contributed by atoms with Gasteiger partial charge < -0.3 is 48.5 Å². The normalized spacial score (nSPS) is 35.3. The van der Waals surface area contributed by atoms with E-state index in [9.17, 15) is 24.6 Å². The van der Waals surface area contributed by atoms with Gasteiger partial charge in [-0.3, -0.25) is 14.4 Å². The number of cyclic esters (lactones) is 1. The first kappa shape index (κ1) is 50.1. The minimum absolute atomic E-state index is 0.0252. The van der Waals surface area contributed by atoms with Crippen LogP contribution in [0.2, 0.25) is 0 Å². The Morgan fingerprint density at radius 2 is 1.76 bits per heavy atom. The molecule has 1 aromatic carbocycles. The largest absolute Gasteiger partial charge is 0.459 e. The maximum absolute atomic E-state index is 14.5. The van der Waals surface area contributed by atoms with Crippen LogP contribution in [-0.2, 0) is 61.0 Å². The van der Waals surface area contributed by atoms with E-state index in [-0.39, 0.29) is 51.2 Å². The summed E-state index contributed by atoms with van der Waals surface area (Å²) in [6.45, 7) is 13.4. The average molecular weight is 899 g/mol. The summed E-state index contributed by atoms with van der Waals surface area (Å²) in [5.74, 6) is -4.58. The van der Waals surface area contributed by atoms with E-state index in [1.807, 2.05) is 75.3 Å². The number of ketones is 1. The molecule has 0 saturated carbocycles. The molecule has 16 nitrogen and oxygen atoms in total. The number of Topliss-reactive ketones (excluding diaryl/α,β-unsaturated/α-hetero) is 1. The number of aliphatic hydroxyl groups is 2. The van der Waals surface area contributed by atoms with Crippen molar-refractivity contribution < 1.29 is 58.0 Å². The molecular weight excluding hydrogens is 833 g/mol. The van der Waals surface area contributed by atoms with E-state index in [4.69, 9.17) is 33.4 Å². The summed E-state index contributed by atoms with van der Waals surface area (Å²) in [4.78, 5) is 60.5. The van der Waals surface area contributed by atoms with Crippen LogP contribution >= 0.6 is 11.3 Å². The van der Waals surface area contributed by atoms with Crippen molar-refractivity contribution in [2.24, 2.45) is 33.1 Å². The summed E-state index contributed by atoms with van der Waals surface area (Å²) in [7, 11) is 3.73. The van der Waals surface area contributed by atoms with Crippen LogP contribution in [0.5, 0.6) is 0 Å². The van der Waals surface area contributed by atoms with E-state index in [0.29, 0.717) is 24.5 Å². The number of thiophene rings is 1. The van der Waals surface area contributed by atoms with Crippen LogP contribution in [0.15, 0.2) is 57.8 Å². The van der Waals surface area contributed by atoms with Gasteiger partial charge in [0.2, 0.25) is 5.91 Å². The summed E-state index contributed by atoms with van der Waals surface area (Å²) in [5.41, 5.74) is -1.51. The van der Waals surface area contributed by atoms with E-state index in [2.05, 4.69) is 15.3 Å². The number of esters is 1. The summed E-state index contributed by atoms with van der Waals surface area (Å²) in [6, 6.07) is 13.2. The third-order valence-corrected chi connectivity index (χ3v) is 13.2. The van der Waals surface area contributed by atoms with Gasteiger partial charge in [-0.15, -0.1) is 11.3 Å². The molecule has 0 aliphatic carbocycles. The van der Waals surface area contributed by atoms with Gasteiger partial charge in [0.1, 0.15) is 36.0 Å². The highest BCUT2D eigenvalue weighted by atomic mass is 32.1. The van der Waals surface area contributed by atoms with Crippen molar-refractivity contribution >= 4 is 46.6 Å². The van der Waals surface area contributed by atoms with Gasteiger partial charge in [0, 0.05) is 40.8 Å². The monoisotopic (exact) mass is 898 g/mol. The molecule has 17 heteroatoms. The molecule has 1 aromatic heterocycles. The fraction of sp³-hybridized carbons (Fsp3) is 0.652. The number of likely N-dealkylation sites (N-methyl/N-ethyl adjacent to an activating group) is 1. The van der Waals surface area contributed by atoms with Crippen LogP contribution in [0, 0.1) is 17.8 Å². The molecular formula is C46H66N4O12S. The Labute approximate surface area is 374 Å². The number of ether oxygens (including phenoxy) is 5. The summed E-state index contributed by atoms with van der Waals surface area (Å²) >= 11 is 1.45. The predicted octanol–water partition coefficient (Wildman–Crippen LogP) is 5.49. The number of nitrogens with zero attached hydrogens (tertiary/aromatic N) is 4. The lowest BCUT2D eigenvalue weighted by Gasteiger charge is -2.47. The Morgan fingerprint density at radius 3 is 2.44 bits per heavy atom. The molecule has 0 radical (unpaired) electrons. The third-order valence-electron chi connectivity index (χ3n) is 12.2. The highest BCUT2D eigenvalue weighted by Gasteiger charge is 2.51. The van der Waals surface area contributed by atoms with Crippen molar-refractivity contribution in [2.45, 2.75) is 148 Å². The van der Waals surface area contributed by atoms with Crippen molar-refractivity contribution in [3.63, 3.8) is 0 Å². The second-order valence-electron chi connectivity index (χ2n) is 17.7. The van der Waals surface area contributed by atoms with Crippen molar-refractivity contribution in [2.75, 3.05) is 27.3 Å². The number of fused-ring (bicyclic) bond motifs is 5. The highest BCUT2D eigenvalue weighted by Crippen LogP contribution is 2.39. The molecule has 63 heavy (non-hydrogen) atoms. The molecule has 0 spiro atoms. The molecule has 348 valence electrons. The number of aliphatic imine (C=N–C) groups is 1. The van der Waals surface area contributed by atoms with E-state index in [1.54, 1.807) is 27.0 Å². The van der Waals surface area contributed by atoms with Crippen molar-refractivity contribution in [3.8, 4) is 0 Å². The van der Waals surface area contributed by atoms with Gasteiger partial charge in [-0.25, -0.2) is 4.99 Å². The lowest BCUT2D eigenvalue weighted by molar-refractivity contribution is -0.296. The molecule has 3 saturated heterocycles. The minimum atomic E-state index is -1.83. The van der Waals surface area contributed by atoms with Gasteiger partial charge in [-0.05, 0) is 84.7 Å². The Balaban J connectivity index is 1.53. The van der Waals surface area contributed by atoms with Crippen molar-refractivity contribution in [1.82, 2.24) is 4.90 Å². The average Bonchev–Trinajstić information content (AvgIpc) is 3.69. The van der Waals surface area contributed by atoms with Crippen molar-refractivity contribution in [1.29, 1.82) is 0 Å². The van der Waals surface area contributed by atoms with Gasteiger partial charge in [0.25, 0.3) is 0 Å². The zero-order valence-electron chi connectivity index (χ0n) is 38.2. The molecule has 1 amide bonds. The van der Waals surface area contributed by atoms with Crippen molar-refractivity contribution in [3.05, 3.63) is 57.8 Å². The first-order chi connectivity index (χ1) is 29.8. The topological polar surface area (TPSA) is 197 Å². The second kappa shape index (κ2) is 22.3. The van der Waals surface area contributed by atoms with Crippen LogP contribution in [0.25, 0.3) is 0 Å². The number of aliphatic hydroxyl groups excluding tert-OH is 1. The highest BCUT2D eigenvalue weighted by molar-refractivity contribution is 7.13. The Morgan fingerprint density at radius 1 is 1.03 bits per heavy atom. The number of benzene rings is 1. The predicted molar refractivity (Wildman–Crippen MR) is 237 cm³/mol. The lowest BCUT2D eigenvalue weighted by Crippen LogP contribution is -2.59. The maximum atomic E-state index is 14.5. The number of amides is 1. The van der Waals surface area contributed by atoms with Gasteiger partial charge in [0.15, 0.2) is 18.7 Å². The Kier molecular flexibility index (Phi) is 17.7. The fourth-order valence-corrected chi connectivity index (χ4v) is 9.31. The first-order valence-corrected chi connectivity index (χ1v) is 22.6. The number of oxime groups is 2. The first-order valence-electron chi connectivity index (χ1n) is 21.7. The summed E-state index contributed by atoms with van der Waals surface area (Å²) in [5, 5.41) is 32.5. The fourth-order valence-electron chi connectivity index (χ4n) is 8.52. The SMILES string of the molecule is CC[C@@H]1OC(=O)[C@H](C)C(=O)[C@H](C)[C@@H](O[C@@H]2O[C@H](C)C[C@H](N(C)C)[C@H]2O)[C@@]2(C)C[C@@H](C)C(=NC(C)=O)C[C@H](OC/C(=N/OCc3ccc(/C=N/OCc4ccccc4)s3)CO2)[C@]1(C)O. The number of carbonyl (C=O) groups is 3.